The molecular formula is C20H24ClN3O4. The third kappa shape index (κ3) is 4.24. The Morgan fingerprint density at radius 1 is 1.21 bits per heavy atom. The lowest BCUT2D eigenvalue weighted by atomic mass is 9.50. The number of hydrogen-bond acceptors (Lipinski definition) is 6. The summed E-state index contributed by atoms with van der Waals surface area (Å²) in [5.74, 6) is 1.51. The quantitative estimate of drug-likeness (QED) is 0.720. The molecule has 1 spiro atoms. The average molecular weight is 406 g/mol. The van der Waals surface area contributed by atoms with Gasteiger partial charge in [0.1, 0.15) is 5.75 Å². The second-order valence-corrected chi connectivity index (χ2v) is 8.21. The monoisotopic (exact) mass is 405 g/mol. The first-order valence-electron chi connectivity index (χ1n) is 9.69. The van der Waals surface area contributed by atoms with Crippen LogP contribution in [0.5, 0.6) is 11.8 Å². The van der Waals surface area contributed by atoms with Crippen molar-refractivity contribution in [2.75, 3.05) is 13.2 Å². The highest BCUT2D eigenvalue weighted by Gasteiger charge is 2.54. The lowest BCUT2D eigenvalue weighted by Gasteiger charge is -2.56. The lowest BCUT2D eigenvalue weighted by molar-refractivity contribution is -0.127. The molecule has 1 aromatic heterocycles. The Bertz CT molecular complexity index is 809. The van der Waals surface area contributed by atoms with Crippen molar-refractivity contribution in [3.8, 4) is 11.8 Å². The fraction of sp³-hybridized carbons (Fsp3) is 0.550. The molecule has 150 valence electrons. The molecule has 28 heavy (non-hydrogen) atoms. The fourth-order valence-electron chi connectivity index (χ4n) is 4.16. The number of hydrogen-bond donors (Lipinski definition) is 1. The van der Waals surface area contributed by atoms with E-state index in [1.165, 1.54) is 0 Å². The molecule has 2 saturated carbocycles. The van der Waals surface area contributed by atoms with Gasteiger partial charge in [0.2, 0.25) is 5.89 Å². The first kappa shape index (κ1) is 19.1. The summed E-state index contributed by atoms with van der Waals surface area (Å²) in [6, 6.07) is 7.19. The minimum Gasteiger partial charge on any atom is -0.484 e. The van der Waals surface area contributed by atoms with Crippen LogP contribution in [0, 0.1) is 5.41 Å². The molecule has 0 bridgehead atoms. The normalized spacial score (nSPS) is 25.6. The zero-order valence-electron chi connectivity index (χ0n) is 15.8. The van der Waals surface area contributed by atoms with Gasteiger partial charge >= 0.3 is 6.08 Å². The van der Waals surface area contributed by atoms with Crippen molar-refractivity contribution in [1.29, 1.82) is 0 Å². The van der Waals surface area contributed by atoms with Crippen LogP contribution in [0.15, 0.2) is 28.7 Å². The smallest absolute Gasteiger partial charge is 0.414 e. The van der Waals surface area contributed by atoms with Crippen LogP contribution in [0.25, 0.3) is 0 Å². The van der Waals surface area contributed by atoms with Gasteiger partial charge in [0.05, 0.1) is 6.61 Å². The molecule has 2 fully saturated rings. The summed E-state index contributed by atoms with van der Waals surface area (Å²) >= 11 is 5.83. The SMILES string of the molecule is CCCOc1nnc(C2CC3(CC(NC(=O)COc4ccc(Cl)cc4)C3)C2)o1. The van der Waals surface area contributed by atoms with Crippen LogP contribution in [0.1, 0.15) is 50.8 Å². The summed E-state index contributed by atoms with van der Waals surface area (Å²) in [7, 11) is 0. The standard InChI is InChI=1S/C20H24ClN3O4/c1-2-7-26-19-24-23-18(28-19)13-8-20(9-13)10-15(11-20)22-17(25)12-27-16-5-3-14(21)4-6-16/h3-6,13,15H,2,7-12H2,1H3,(H,22,25). The Hall–Kier alpha value is -2.28. The maximum absolute atomic E-state index is 12.1. The summed E-state index contributed by atoms with van der Waals surface area (Å²) in [5.41, 5.74) is 0.304. The molecule has 2 aliphatic carbocycles. The van der Waals surface area contributed by atoms with Crippen molar-refractivity contribution in [1.82, 2.24) is 15.5 Å². The first-order valence-corrected chi connectivity index (χ1v) is 10.1. The van der Waals surface area contributed by atoms with Crippen LogP contribution < -0.4 is 14.8 Å². The highest BCUT2D eigenvalue weighted by Crippen LogP contribution is 2.61. The summed E-state index contributed by atoms with van der Waals surface area (Å²) in [6.45, 7) is 2.62. The Morgan fingerprint density at radius 3 is 2.68 bits per heavy atom. The van der Waals surface area contributed by atoms with Gasteiger partial charge in [-0.25, -0.2) is 0 Å². The minimum absolute atomic E-state index is 0.0102. The molecule has 7 nitrogen and oxygen atoms in total. The third-order valence-electron chi connectivity index (χ3n) is 5.47. The minimum atomic E-state index is -0.0970. The molecular weight excluding hydrogens is 382 g/mol. The van der Waals surface area contributed by atoms with E-state index in [4.69, 9.17) is 25.5 Å². The summed E-state index contributed by atoms with van der Waals surface area (Å²) in [5, 5.41) is 11.7. The molecule has 1 heterocycles. The number of aromatic nitrogens is 2. The van der Waals surface area contributed by atoms with Crippen molar-refractivity contribution in [3.63, 3.8) is 0 Å². The maximum atomic E-state index is 12.1. The van der Waals surface area contributed by atoms with Crippen LogP contribution >= 0.6 is 11.6 Å². The van der Waals surface area contributed by atoms with E-state index in [0.717, 1.165) is 32.1 Å². The van der Waals surface area contributed by atoms with Crippen molar-refractivity contribution in [2.24, 2.45) is 5.41 Å². The zero-order valence-corrected chi connectivity index (χ0v) is 16.6. The van der Waals surface area contributed by atoms with Crippen molar-refractivity contribution in [2.45, 2.75) is 51.0 Å². The van der Waals surface area contributed by atoms with Gasteiger partial charge in [-0.15, -0.1) is 5.10 Å². The fourth-order valence-corrected chi connectivity index (χ4v) is 4.29. The second-order valence-electron chi connectivity index (χ2n) is 7.78. The van der Waals surface area contributed by atoms with E-state index in [1.54, 1.807) is 24.3 Å². The Balaban J connectivity index is 1.16. The molecule has 0 aliphatic heterocycles. The van der Waals surface area contributed by atoms with Gasteiger partial charge in [-0.2, -0.15) is 0 Å². The van der Waals surface area contributed by atoms with Gasteiger partial charge in [-0.05, 0) is 61.8 Å². The molecule has 0 atom stereocenters. The molecule has 0 unspecified atom stereocenters. The van der Waals surface area contributed by atoms with Gasteiger partial charge in [-0.3, -0.25) is 4.79 Å². The van der Waals surface area contributed by atoms with E-state index in [2.05, 4.69) is 15.5 Å². The summed E-state index contributed by atoms with van der Waals surface area (Å²) < 4.78 is 16.4. The number of nitrogens with one attached hydrogen (secondary N) is 1. The topological polar surface area (TPSA) is 86.5 Å². The predicted molar refractivity (Wildman–Crippen MR) is 103 cm³/mol. The van der Waals surface area contributed by atoms with Crippen LogP contribution in [0.4, 0.5) is 0 Å². The molecule has 4 rings (SSSR count). The second kappa shape index (κ2) is 7.99. The van der Waals surface area contributed by atoms with E-state index in [9.17, 15) is 4.79 Å². The number of nitrogens with zero attached hydrogens (tertiary/aromatic N) is 2. The summed E-state index contributed by atoms with van der Waals surface area (Å²) in [4.78, 5) is 12.1. The average Bonchev–Trinajstić information content (AvgIpc) is 3.08. The third-order valence-corrected chi connectivity index (χ3v) is 5.72. The van der Waals surface area contributed by atoms with Gasteiger partial charge in [0.15, 0.2) is 6.61 Å². The van der Waals surface area contributed by atoms with E-state index in [0.29, 0.717) is 34.6 Å². The van der Waals surface area contributed by atoms with Crippen LogP contribution in [0.3, 0.4) is 0 Å². The van der Waals surface area contributed by atoms with Crippen molar-refractivity contribution >= 4 is 17.5 Å². The van der Waals surface area contributed by atoms with Crippen LogP contribution in [0.2, 0.25) is 5.02 Å². The highest BCUT2D eigenvalue weighted by atomic mass is 35.5. The molecule has 0 saturated heterocycles. The van der Waals surface area contributed by atoms with E-state index < -0.39 is 0 Å². The Kier molecular flexibility index (Phi) is 5.44. The number of rotatable bonds is 8. The van der Waals surface area contributed by atoms with Gasteiger partial charge < -0.3 is 19.2 Å². The number of halogens is 1. The number of amides is 1. The summed E-state index contributed by atoms with van der Waals surface area (Å²) in [6.07, 6.45) is 5.19. The Labute approximate surface area is 168 Å². The zero-order chi connectivity index (χ0) is 19.6. The number of carbonyl (C=O) groups is 1. The molecule has 2 aromatic rings. The predicted octanol–water partition coefficient (Wildman–Crippen LogP) is 3.73. The first-order chi connectivity index (χ1) is 13.5. The Morgan fingerprint density at radius 2 is 1.96 bits per heavy atom. The van der Waals surface area contributed by atoms with Crippen LogP contribution in [-0.2, 0) is 4.79 Å². The van der Waals surface area contributed by atoms with E-state index in [1.807, 2.05) is 6.92 Å². The molecule has 2 aliphatic rings. The van der Waals surface area contributed by atoms with Gasteiger partial charge in [0, 0.05) is 17.0 Å². The number of carbonyl (C=O) groups excluding carboxylic acids is 1. The molecule has 8 heteroatoms. The van der Waals surface area contributed by atoms with Gasteiger partial charge in [-0.1, -0.05) is 23.6 Å². The van der Waals surface area contributed by atoms with Crippen LogP contribution in [-0.4, -0.2) is 35.4 Å². The molecule has 1 amide bonds. The molecule has 1 aromatic carbocycles. The van der Waals surface area contributed by atoms with E-state index in [-0.39, 0.29) is 24.6 Å². The lowest BCUT2D eigenvalue weighted by Crippen LogP contribution is -2.56. The van der Waals surface area contributed by atoms with Crippen molar-refractivity contribution in [3.05, 3.63) is 35.2 Å². The van der Waals surface area contributed by atoms with E-state index >= 15 is 0 Å². The highest BCUT2D eigenvalue weighted by molar-refractivity contribution is 6.30. The molecule has 1 N–H and O–H groups in total. The number of benzene rings is 1. The largest absolute Gasteiger partial charge is 0.484 e. The maximum Gasteiger partial charge on any atom is 0.414 e. The molecule has 0 radical (unpaired) electrons. The van der Waals surface area contributed by atoms with Gasteiger partial charge in [0.25, 0.3) is 5.91 Å². The van der Waals surface area contributed by atoms with Crippen molar-refractivity contribution < 1.29 is 18.7 Å². The number of ether oxygens (including phenoxy) is 2.